The van der Waals surface area contributed by atoms with E-state index >= 15 is 0 Å². The van der Waals surface area contributed by atoms with Crippen LogP contribution in [0.25, 0.3) is 0 Å². The second-order valence-corrected chi connectivity index (χ2v) is 4.50. The Balaban J connectivity index is 2.31. The molecule has 1 aliphatic rings. The zero-order valence-electron chi connectivity index (χ0n) is 8.88. The Hall–Kier alpha value is -1.42. The van der Waals surface area contributed by atoms with Crippen molar-refractivity contribution in [3.8, 4) is 0 Å². The first-order valence-corrected chi connectivity index (χ1v) is 5.42. The minimum atomic E-state index is -0.991. The third-order valence-electron chi connectivity index (χ3n) is 3.05. The summed E-state index contributed by atoms with van der Waals surface area (Å²) in [5.41, 5.74) is 9.62. The van der Waals surface area contributed by atoms with Crippen LogP contribution in [0.2, 0.25) is 5.02 Å². The van der Waals surface area contributed by atoms with Crippen LogP contribution in [0, 0.1) is 6.92 Å². The van der Waals surface area contributed by atoms with Gasteiger partial charge in [-0.3, -0.25) is 0 Å². The van der Waals surface area contributed by atoms with Crippen LogP contribution in [0.4, 0.5) is 10.5 Å². The van der Waals surface area contributed by atoms with Crippen LogP contribution in [0.5, 0.6) is 0 Å². The van der Waals surface area contributed by atoms with E-state index in [4.69, 9.17) is 22.4 Å². The second kappa shape index (κ2) is 3.87. The number of hydrogen-bond donors (Lipinski definition) is 3. The van der Waals surface area contributed by atoms with Gasteiger partial charge in [-0.05, 0) is 42.5 Å². The molecule has 16 heavy (non-hydrogen) atoms. The first-order chi connectivity index (χ1) is 7.49. The smallest absolute Gasteiger partial charge is 0.404 e. The van der Waals surface area contributed by atoms with E-state index in [1.54, 1.807) is 0 Å². The predicted octanol–water partition coefficient (Wildman–Crippen LogP) is 1.97. The maximum atomic E-state index is 10.6. The Labute approximate surface area is 98.4 Å². The van der Waals surface area contributed by atoms with Crippen LogP contribution < -0.4 is 11.1 Å². The number of benzene rings is 1. The quantitative estimate of drug-likeness (QED) is 0.657. The molecule has 0 saturated carbocycles. The normalized spacial score (nSPS) is 18.2. The highest BCUT2D eigenvalue weighted by molar-refractivity contribution is 6.33. The molecule has 0 bridgehead atoms. The van der Waals surface area contributed by atoms with Gasteiger partial charge in [0.1, 0.15) is 0 Å². The second-order valence-electron chi connectivity index (χ2n) is 4.09. The van der Waals surface area contributed by atoms with Gasteiger partial charge in [-0.25, -0.2) is 4.79 Å². The minimum absolute atomic E-state index is 0.0657. The number of nitrogens with one attached hydrogen (secondary N) is 1. The van der Waals surface area contributed by atoms with Crippen LogP contribution >= 0.6 is 11.6 Å². The molecule has 0 fully saturated rings. The summed E-state index contributed by atoms with van der Waals surface area (Å²) in [5, 5.41) is 11.7. The first kappa shape index (κ1) is 11.1. The molecule has 0 aliphatic heterocycles. The molecule has 0 aromatic heterocycles. The minimum Gasteiger partial charge on any atom is -0.465 e. The molecule has 1 atom stereocenters. The Bertz CT molecular complexity index is 460. The number of halogens is 1. The van der Waals surface area contributed by atoms with E-state index in [0.717, 1.165) is 16.7 Å². The van der Waals surface area contributed by atoms with Crippen LogP contribution in [0.3, 0.4) is 0 Å². The number of fused-ring (bicyclic) bond motifs is 1. The van der Waals surface area contributed by atoms with Gasteiger partial charge < -0.3 is 16.2 Å². The van der Waals surface area contributed by atoms with Gasteiger partial charge in [-0.2, -0.15) is 0 Å². The van der Waals surface area contributed by atoms with E-state index in [0.29, 0.717) is 23.6 Å². The molecular weight excluding hydrogens is 228 g/mol. The lowest BCUT2D eigenvalue weighted by Crippen LogP contribution is -2.33. The molecule has 0 spiro atoms. The van der Waals surface area contributed by atoms with Gasteiger partial charge >= 0.3 is 6.09 Å². The summed E-state index contributed by atoms with van der Waals surface area (Å²) in [6.45, 7) is 1.92. The van der Waals surface area contributed by atoms with Crippen molar-refractivity contribution in [2.24, 2.45) is 0 Å². The summed E-state index contributed by atoms with van der Waals surface area (Å²) in [5.74, 6) is 0. The number of amides is 1. The summed E-state index contributed by atoms with van der Waals surface area (Å²) >= 11 is 5.99. The highest BCUT2D eigenvalue weighted by Gasteiger charge is 2.25. The van der Waals surface area contributed by atoms with Crippen molar-refractivity contribution in [2.75, 3.05) is 5.73 Å². The van der Waals surface area contributed by atoms with Gasteiger partial charge in [0.05, 0.1) is 10.7 Å². The van der Waals surface area contributed by atoms with Crippen LogP contribution in [-0.4, -0.2) is 17.2 Å². The standard InChI is InChI=1S/C11H13ClN2O2/c1-5-8-4-7(14-11(15)16)2-6(8)3-9(12)10(5)13/h3,7,14H,2,4,13H2,1H3,(H,15,16). The summed E-state index contributed by atoms with van der Waals surface area (Å²) in [7, 11) is 0. The molecule has 1 unspecified atom stereocenters. The average molecular weight is 241 g/mol. The molecule has 0 heterocycles. The van der Waals surface area contributed by atoms with Crippen molar-refractivity contribution in [3.05, 3.63) is 27.8 Å². The van der Waals surface area contributed by atoms with Gasteiger partial charge in [0, 0.05) is 6.04 Å². The zero-order valence-corrected chi connectivity index (χ0v) is 9.64. The monoisotopic (exact) mass is 240 g/mol. The molecule has 5 heteroatoms. The molecule has 0 saturated heterocycles. The number of nitrogen functional groups attached to an aromatic ring is 1. The van der Waals surface area contributed by atoms with E-state index in [2.05, 4.69) is 5.32 Å². The molecule has 1 aliphatic carbocycles. The molecule has 2 rings (SSSR count). The third-order valence-corrected chi connectivity index (χ3v) is 3.36. The summed E-state index contributed by atoms with van der Waals surface area (Å²) < 4.78 is 0. The van der Waals surface area contributed by atoms with E-state index in [1.165, 1.54) is 0 Å². The van der Waals surface area contributed by atoms with Crippen molar-refractivity contribution >= 4 is 23.4 Å². The fraction of sp³-hybridized carbons (Fsp3) is 0.364. The van der Waals surface area contributed by atoms with Crippen molar-refractivity contribution in [1.82, 2.24) is 5.32 Å². The van der Waals surface area contributed by atoms with Crippen molar-refractivity contribution in [1.29, 1.82) is 0 Å². The maximum absolute atomic E-state index is 10.6. The van der Waals surface area contributed by atoms with Gasteiger partial charge in [0.15, 0.2) is 0 Å². The number of carbonyl (C=O) groups is 1. The highest BCUT2D eigenvalue weighted by atomic mass is 35.5. The molecule has 1 amide bonds. The molecule has 4 nitrogen and oxygen atoms in total. The van der Waals surface area contributed by atoms with Gasteiger partial charge in [-0.1, -0.05) is 11.6 Å². The fourth-order valence-electron chi connectivity index (χ4n) is 2.23. The number of nitrogens with two attached hydrogens (primary N) is 1. The third kappa shape index (κ3) is 1.80. The van der Waals surface area contributed by atoms with Crippen LogP contribution in [0.15, 0.2) is 6.07 Å². The Morgan fingerprint density at radius 1 is 1.62 bits per heavy atom. The predicted molar refractivity (Wildman–Crippen MR) is 63.0 cm³/mol. The summed E-state index contributed by atoms with van der Waals surface area (Å²) in [6.07, 6.45) is 0.381. The maximum Gasteiger partial charge on any atom is 0.404 e. The van der Waals surface area contributed by atoms with Crippen molar-refractivity contribution in [3.63, 3.8) is 0 Å². The zero-order chi connectivity index (χ0) is 11.9. The van der Waals surface area contributed by atoms with Gasteiger partial charge in [-0.15, -0.1) is 0 Å². The van der Waals surface area contributed by atoms with Gasteiger partial charge in [0.2, 0.25) is 0 Å². The van der Waals surface area contributed by atoms with E-state index < -0.39 is 6.09 Å². The lowest BCUT2D eigenvalue weighted by atomic mass is 10.0. The summed E-state index contributed by atoms with van der Waals surface area (Å²) in [6, 6.07) is 1.77. The Morgan fingerprint density at radius 2 is 2.31 bits per heavy atom. The largest absolute Gasteiger partial charge is 0.465 e. The van der Waals surface area contributed by atoms with E-state index in [-0.39, 0.29) is 6.04 Å². The lowest BCUT2D eigenvalue weighted by molar-refractivity contribution is 0.190. The highest BCUT2D eigenvalue weighted by Crippen LogP contribution is 2.34. The Kier molecular flexibility index (Phi) is 2.68. The van der Waals surface area contributed by atoms with E-state index in [1.807, 2.05) is 13.0 Å². The molecule has 1 aromatic carbocycles. The topological polar surface area (TPSA) is 75.3 Å². The van der Waals surface area contributed by atoms with Crippen molar-refractivity contribution < 1.29 is 9.90 Å². The van der Waals surface area contributed by atoms with Gasteiger partial charge in [0.25, 0.3) is 0 Å². The molecule has 86 valence electrons. The number of hydrogen-bond acceptors (Lipinski definition) is 2. The number of anilines is 1. The van der Waals surface area contributed by atoms with Crippen LogP contribution in [-0.2, 0) is 12.8 Å². The lowest BCUT2D eigenvalue weighted by Gasteiger charge is -2.09. The molecule has 1 aromatic rings. The number of rotatable bonds is 1. The van der Waals surface area contributed by atoms with Crippen LogP contribution in [0.1, 0.15) is 16.7 Å². The average Bonchev–Trinajstić information content (AvgIpc) is 2.56. The molecular formula is C11H13ClN2O2. The number of carboxylic acid groups (broad SMARTS) is 1. The molecule has 4 N–H and O–H groups in total. The first-order valence-electron chi connectivity index (χ1n) is 5.05. The van der Waals surface area contributed by atoms with E-state index in [9.17, 15) is 4.79 Å². The fourth-order valence-corrected chi connectivity index (χ4v) is 2.50. The Morgan fingerprint density at radius 3 is 2.94 bits per heavy atom. The van der Waals surface area contributed by atoms with Crippen molar-refractivity contribution in [2.45, 2.75) is 25.8 Å². The molecule has 0 radical (unpaired) electrons. The SMILES string of the molecule is Cc1c(N)c(Cl)cc2c1CC(NC(=O)O)C2. The summed E-state index contributed by atoms with van der Waals surface area (Å²) in [4.78, 5) is 10.6.